The van der Waals surface area contributed by atoms with E-state index in [-0.39, 0.29) is 6.61 Å². The zero-order valence-electron chi connectivity index (χ0n) is 9.43. The highest BCUT2D eigenvalue weighted by Gasteiger charge is 2.28. The molecule has 3 N–H and O–H groups in total. The first-order chi connectivity index (χ1) is 7.74. The molecule has 1 atom stereocenters. The van der Waals surface area contributed by atoms with Crippen LogP contribution in [0.1, 0.15) is 18.4 Å². The van der Waals surface area contributed by atoms with E-state index in [0.29, 0.717) is 6.61 Å². The van der Waals surface area contributed by atoms with Crippen LogP contribution in [0.3, 0.4) is 0 Å². The summed E-state index contributed by atoms with van der Waals surface area (Å²) in [5.41, 5.74) is 6.31. The topological polar surface area (TPSA) is 55.5 Å². The minimum Gasteiger partial charge on any atom is -0.394 e. The van der Waals surface area contributed by atoms with E-state index in [0.717, 1.165) is 18.1 Å². The summed E-state index contributed by atoms with van der Waals surface area (Å²) < 4.78 is 5.58. The number of ether oxygens (including phenoxy) is 1. The molecule has 0 saturated heterocycles. The lowest BCUT2D eigenvalue weighted by molar-refractivity contribution is 0.0482. The van der Waals surface area contributed by atoms with E-state index in [1.165, 1.54) is 12.8 Å². The van der Waals surface area contributed by atoms with Crippen LogP contribution in [0, 0.1) is 5.92 Å². The van der Waals surface area contributed by atoms with Crippen molar-refractivity contribution >= 4 is 0 Å². The average Bonchev–Trinajstić information content (AvgIpc) is 3.14. The average molecular weight is 221 g/mol. The summed E-state index contributed by atoms with van der Waals surface area (Å²) in [4.78, 5) is 0. The number of nitrogens with two attached hydrogens (primary N) is 1. The van der Waals surface area contributed by atoms with Crippen LogP contribution in [-0.2, 0) is 10.3 Å². The van der Waals surface area contributed by atoms with Crippen molar-refractivity contribution in [1.82, 2.24) is 0 Å². The van der Waals surface area contributed by atoms with Gasteiger partial charge in [-0.15, -0.1) is 0 Å². The van der Waals surface area contributed by atoms with Crippen LogP contribution in [0.25, 0.3) is 0 Å². The van der Waals surface area contributed by atoms with Crippen LogP contribution < -0.4 is 5.73 Å². The van der Waals surface area contributed by atoms with E-state index >= 15 is 0 Å². The summed E-state index contributed by atoms with van der Waals surface area (Å²) in [6, 6.07) is 9.64. The first-order valence-corrected chi connectivity index (χ1v) is 5.77. The Morgan fingerprint density at radius 1 is 1.31 bits per heavy atom. The largest absolute Gasteiger partial charge is 0.394 e. The molecule has 0 radical (unpaired) electrons. The minimum atomic E-state index is -0.768. The molecule has 1 aromatic rings. The van der Waals surface area contributed by atoms with Gasteiger partial charge >= 0.3 is 0 Å². The van der Waals surface area contributed by atoms with Gasteiger partial charge in [0.2, 0.25) is 0 Å². The van der Waals surface area contributed by atoms with Gasteiger partial charge in [-0.05, 0) is 24.3 Å². The third-order valence-electron chi connectivity index (χ3n) is 3.04. The van der Waals surface area contributed by atoms with Crippen molar-refractivity contribution in [2.24, 2.45) is 11.7 Å². The molecule has 1 aromatic carbocycles. The number of hydrogen-bond acceptors (Lipinski definition) is 3. The predicted octanol–water partition coefficient (Wildman–Crippen LogP) is 1.26. The van der Waals surface area contributed by atoms with Gasteiger partial charge < -0.3 is 15.6 Å². The van der Waals surface area contributed by atoms with E-state index in [2.05, 4.69) is 0 Å². The molecule has 1 fully saturated rings. The van der Waals surface area contributed by atoms with Crippen molar-refractivity contribution in [1.29, 1.82) is 0 Å². The van der Waals surface area contributed by atoms with Crippen LogP contribution in [-0.4, -0.2) is 24.9 Å². The van der Waals surface area contributed by atoms with Gasteiger partial charge in [0.25, 0.3) is 0 Å². The van der Waals surface area contributed by atoms with Gasteiger partial charge in [-0.3, -0.25) is 0 Å². The second-order valence-electron chi connectivity index (χ2n) is 4.64. The van der Waals surface area contributed by atoms with Gasteiger partial charge in [-0.25, -0.2) is 0 Å². The lowest BCUT2D eigenvalue weighted by Gasteiger charge is -2.27. The molecule has 0 spiro atoms. The molecule has 0 amide bonds. The van der Waals surface area contributed by atoms with Crippen molar-refractivity contribution in [2.75, 3.05) is 19.8 Å². The molecule has 1 unspecified atom stereocenters. The van der Waals surface area contributed by atoms with Gasteiger partial charge in [-0.1, -0.05) is 30.3 Å². The fourth-order valence-corrected chi connectivity index (χ4v) is 1.68. The van der Waals surface area contributed by atoms with Crippen LogP contribution in [0.15, 0.2) is 30.3 Å². The fourth-order valence-electron chi connectivity index (χ4n) is 1.68. The number of benzene rings is 1. The molecule has 88 valence electrons. The lowest BCUT2D eigenvalue weighted by atomic mass is 9.93. The Labute approximate surface area is 96.2 Å². The monoisotopic (exact) mass is 221 g/mol. The normalized spacial score (nSPS) is 19.4. The molecule has 1 saturated carbocycles. The Balaban J connectivity index is 1.94. The molecule has 3 heteroatoms. The van der Waals surface area contributed by atoms with Crippen molar-refractivity contribution in [2.45, 2.75) is 18.4 Å². The summed E-state index contributed by atoms with van der Waals surface area (Å²) in [5, 5.41) is 9.41. The standard InChI is InChI=1S/C13H19NO2/c14-13(9-15,10-16-8-11-6-7-11)12-4-2-1-3-5-12/h1-5,11,15H,6-10,14H2. The Bertz CT molecular complexity index is 324. The number of rotatable bonds is 6. The third-order valence-corrected chi connectivity index (χ3v) is 3.04. The number of aliphatic hydroxyl groups is 1. The molecule has 0 aromatic heterocycles. The Hall–Kier alpha value is -0.900. The van der Waals surface area contributed by atoms with Crippen LogP contribution in [0.5, 0.6) is 0 Å². The third kappa shape index (κ3) is 2.82. The Kier molecular flexibility index (Phi) is 3.59. The molecule has 1 aliphatic rings. The highest BCUT2D eigenvalue weighted by molar-refractivity contribution is 5.24. The maximum Gasteiger partial charge on any atom is 0.0881 e. The number of hydrogen-bond donors (Lipinski definition) is 2. The van der Waals surface area contributed by atoms with Crippen molar-refractivity contribution in [3.05, 3.63) is 35.9 Å². The smallest absolute Gasteiger partial charge is 0.0881 e. The zero-order chi connectivity index (χ0) is 11.4. The molecule has 3 nitrogen and oxygen atoms in total. The quantitative estimate of drug-likeness (QED) is 0.760. The summed E-state index contributed by atoms with van der Waals surface area (Å²) in [6.45, 7) is 1.05. The number of aliphatic hydroxyl groups excluding tert-OH is 1. The molecular weight excluding hydrogens is 202 g/mol. The fraction of sp³-hybridized carbons (Fsp3) is 0.538. The molecule has 0 bridgehead atoms. The second-order valence-corrected chi connectivity index (χ2v) is 4.64. The van der Waals surface area contributed by atoms with Gasteiger partial charge in [0, 0.05) is 6.61 Å². The van der Waals surface area contributed by atoms with Crippen LogP contribution in [0.4, 0.5) is 0 Å². The van der Waals surface area contributed by atoms with Crippen LogP contribution in [0.2, 0.25) is 0 Å². The van der Waals surface area contributed by atoms with E-state index in [9.17, 15) is 5.11 Å². The first kappa shape index (κ1) is 11.6. The van der Waals surface area contributed by atoms with Crippen molar-refractivity contribution in [3.63, 3.8) is 0 Å². The van der Waals surface area contributed by atoms with Gasteiger partial charge in [0.05, 0.1) is 18.8 Å². The predicted molar refractivity (Wildman–Crippen MR) is 62.9 cm³/mol. The molecule has 0 aliphatic heterocycles. The summed E-state index contributed by atoms with van der Waals surface area (Å²) in [5.74, 6) is 0.721. The Morgan fingerprint density at radius 2 is 2.00 bits per heavy atom. The summed E-state index contributed by atoms with van der Waals surface area (Å²) in [6.07, 6.45) is 2.53. The van der Waals surface area contributed by atoms with E-state index in [1.807, 2.05) is 30.3 Å². The summed E-state index contributed by atoms with van der Waals surface area (Å²) in [7, 11) is 0. The maximum atomic E-state index is 9.41. The zero-order valence-corrected chi connectivity index (χ0v) is 9.43. The Morgan fingerprint density at radius 3 is 2.56 bits per heavy atom. The van der Waals surface area contributed by atoms with Crippen molar-refractivity contribution < 1.29 is 9.84 Å². The lowest BCUT2D eigenvalue weighted by Crippen LogP contribution is -2.45. The van der Waals surface area contributed by atoms with Gasteiger partial charge in [-0.2, -0.15) is 0 Å². The van der Waals surface area contributed by atoms with Gasteiger partial charge in [0.15, 0.2) is 0 Å². The molecule has 0 heterocycles. The minimum absolute atomic E-state index is 0.0956. The van der Waals surface area contributed by atoms with E-state index in [1.54, 1.807) is 0 Å². The molecular formula is C13H19NO2. The second kappa shape index (κ2) is 4.95. The molecule has 1 aliphatic carbocycles. The SMILES string of the molecule is NC(CO)(COCC1CC1)c1ccccc1. The maximum absolute atomic E-state index is 9.41. The van der Waals surface area contributed by atoms with Crippen molar-refractivity contribution in [3.8, 4) is 0 Å². The van der Waals surface area contributed by atoms with Gasteiger partial charge in [0.1, 0.15) is 0 Å². The van der Waals surface area contributed by atoms with Crippen LogP contribution >= 0.6 is 0 Å². The first-order valence-electron chi connectivity index (χ1n) is 5.77. The molecule has 16 heavy (non-hydrogen) atoms. The molecule has 2 rings (SSSR count). The highest BCUT2D eigenvalue weighted by Crippen LogP contribution is 2.29. The van der Waals surface area contributed by atoms with E-state index < -0.39 is 5.54 Å². The van der Waals surface area contributed by atoms with E-state index in [4.69, 9.17) is 10.5 Å². The summed E-state index contributed by atoms with van der Waals surface area (Å²) >= 11 is 0. The highest BCUT2D eigenvalue weighted by atomic mass is 16.5.